The normalized spacial score (nSPS) is 29.6. The van der Waals surface area contributed by atoms with Gasteiger partial charge in [0.25, 0.3) is 5.56 Å². The van der Waals surface area contributed by atoms with Gasteiger partial charge in [-0.05, 0) is 50.4 Å². The molecule has 4 rings (SSSR count). The highest BCUT2D eigenvalue weighted by Crippen LogP contribution is 2.55. The molecule has 2 fully saturated rings. The van der Waals surface area contributed by atoms with Crippen molar-refractivity contribution >= 4 is 6.03 Å². The molecule has 1 aromatic heterocycles. The summed E-state index contributed by atoms with van der Waals surface area (Å²) >= 11 is 0. The van der Waals surface area contributed by atoms with E-state index in [9.17, 15) is 14.4 Å². The van der Waals surface area contributed by atoms with Gasteiger partial charge in [0.2, 0.25) is 0 Å². The van der Waals surface area contributed by atoms with Crippen LogP contribution in [0.2, 0.25) is 0 Å². The standard InChI is InChI=1S/C16H22N4O3/c1-9(16-4-2-10(6-16)3-5-16)17-15(23)20-7-11-12(8-20)18-14(22)19-13(11)21/h9-10H,2-8H2,1H3,(H,17,23)(H2,18,19,21,22). The second-order valence-corrected chi connectivity index (χ2v) is 7.40. The molecule has 3 N–H and O–H groups in total. The Morgan fingerprint density at radius 1 is 1.26 bits per heavy atom. The van der Waals surface area contributed by atoms with Crippen LogP contribution in [0.1, 0.15) is 50.3 Å². The largest absolute Gasteiger partial charge is 0.335 e. The van der Waals surface area contributed by atoms with Crippen LogP contribution in [0.5, 0.6) is 0 Å². The molecule has 23 heavy (non-hydrogen) atoms. The van der Waals surface area contributed by atoms with E-state index in [2.05, 4.69) is 22.2 Å². The van der Waals surface area contributed by atoms with Crippen molar-refractivity contribution < 1.29 is 4.79 Å². The predicted octanol–water partition coefficient (Wildman–Crippen LogP) is 1.06. The smallest absolute Gasteiger partial charge is 0.325 e. The van der Waals surface area contributed by atoms with Crippen LogP contribution in [0.25, 0.3) is 0 Å². The Hall–Kier alpha value is -2.05. The average Bonchev–Trinajstić information content (AvgIpc) is 3.21. The van der Waals surface area contributed by atoms with Crippen LogP contribution in [0, 0.1) is 11.3 Å². The highest BCUT2D eigenvalue weighted by Gasteiger charge is 2.48. The van der Waals surface area contributed by atoms with Crippen molar-refractivity contribution in [1.29, 1.82) is 0 Å². The summed E-state index contributed by atoms with van der Waals surface area (Å²) in [5, 5.41) is 3.13. The maximum absolute atomic E-state index is 12.6. The molecule has 0 aromatic carbocycles. The monoisotopic (exact) mass is 318 g/mol. The molecule has 1 atom stereocenters. The number of aromatic amines is 2. The van der Waals surface area contributed by atoms with Gasteiger partial charge < -0.3 is 15.2 Å². The molecule has 1 aliphatic heterocycles. The molecule has 0 radical (unpaired) electrons. The molecular formula is C16H22N4O3. The number of rotatable bonds is 2. The highest BCUT2D eigenvalue weighted by molar-refractivity contribution is 5.75. The van der Waals surface area contributed by atoms with E-state index in [1.807, 2.05) is 0 Å². The number of hydrogen-bond acceptors (Lipinski definition) is 3. The summed E-state index contributed by atoms with van der Waals surface area (Å²) < 4.78 is 0. The lowest BCUT2D eigenvalue weighted by Gasteiger charge is -2.35. The number of nitrogens with zero attached hydrogens (tertiary/aromatic N) is 1. The van der Waals surface area contributed by atoms with E-state index >= 15 is 0 Å². The molecule has 2 heterocycles. The number of nitrogens with one attached hydrogen (secondary N) is 3. The topological polar surface area (TPSA) is 98.1 Å². The van der Waals surface area contributed by atoms with E-state index in [0.717, 1.165) is 5.92 Å². The van der Waals surface area contributed by atoms with Gasteiger partial charge in [0.15, 0.2) is 0 Å². The Bertz CT molecular complexity index is 757. The quantitative estimate of drug-likeness (QED) is 0.760. The van der Waals surface area contributed by atoms with Crippen LogP contribution >= 0.6 is 0 Å². The van der Waals surface area contributed by atoms with Gasteiger partial charge in [-0.2, -0.15) is 0 Å². The lowest BCUT2D eigenvalue weighted by molar-refractivity contribution is 0.168. The van der Waals surface area contributed by atoms with Crippen molar-refractivity contribution in [2.24, 2.45) is 11.3 Å². The molecule has 0 spiro atoms. The zero-order valence-electron chi connectivity index (χ0n) is 13.3. The van der Waals surface area contributed by atoms with E-state index in [1.165, 1.54) is 32.1 Å². The minimum absolute atomic E-state index is 0.142. The number of aromatic nitrogens is 2. The predicted molar refractivity (Wildman–Crippen MR) is 83.9 cm³/mol. The zero-order chi connectivity index (χ0) is 16.2. The fourth-order valence-corrected chi connectivity index (χ4v) is 4.72. The van der Waals surface area contributed by atoms with Gasteiger partial charge in [0.05, 0.1) is 18.7 Å². The minimum atomic E-state index is -0.522. The molecule has 2 bridgehead atoms. The van der Waals surface area contributed by atoms with E-state index < -0.39 is 11.2 Å². The van der Waals surface area contributed by atoms with Crippen molar-refractivity contribution in [1.82, 2.24) is 20.2 Å². The second-order valence-electron chi connectivity index (χ2n) is 7.40. The average molecular weight is 318 g/mol. The first-order valence-electron chi connectivity index (χ1n) is 8.37. The van der Waals surface area contributed by atoms with E-state index in [-0.39, 0.29) is 30.6 Å². The molecular weight excluding hydrogens is 296 g/mol. The van der Waals surface area contributed by atoms with E-state index in [1.54, 1.807) is 4.90 Å². The van der Waals surface area contributed by atoms with Crippen LogP contribution < -0.4 is 16.6 Å². The molecule has 124 valence electrons. The summed E-state index contributed by atoms with van der Waals surface area (Å²) in [7, 11) is 0. The van der Waals surface area contributed by atoms with Crippen molar-refractivity contribution in [3.8, 4) is 0 Å². The van der Waals surface area contributed by atoms with Gasteiger partial charge in [0.1, 0.15) is 0 Å². The van der Waals surface area contributed by atoms with Gasteiger partial charge in [-0.15, -0.1) is 0 Å². The first-order chi connectivity index (χ1) is 11.0. The SMILES string of the molecule is CC(NC(=O)N1Cc2[nH]c(=O)[nH]c(=O)c2C1)C12CCC(CC1)C2. The number of urea groups is 1. The summed E-state index contributed by atoms with van der Waals surface area (Å²) in [4.78, 5) is 42.1. The molecule has 2 saturated carbocycles. The number of carbonyl (C=O) groups excluding carboxylic acids is 1. The van der Waals surface area contributed by atoms with Gasteiger partial charge in [-0.1, -0.05) is 0 Å². The Kier molecular flexibility index (Phi) is 3.14. The third-order valence-corrected chi connectivity index (χ3v) is 6.17. The van der Waals surface area contributed by atoms with Crippen LogP contribution in [0.3, 0.4) is 0 Å². The zero-order valence-corrected chi connectivity index (χ0v) is 13.3. The van der Waals surface area contributed by atoms with E-state index in [0.29, 0.717) is 11.3 Å². The molecule has 3 aliphatic rings. The molecule has 7 nitrogen and oxygen atoms in total. The lowest BCUT2D eigenvalue weighted by atomic mass is 9.78. The van der Waals surface area contributed by atoms with Crippen LogP contribution in [0.15, 0.2) is 9.59 Å². The number of H-pyrrole nitrogens is 2. The van der Waals surface area contributed by atoms with Crippen molar-refractivity contribution in [2.45, 2.75) is 58.2 Å². The maximum Gasteiger partial charge on any atom is 0.325 e. The van der Waals surface area contributed by atoms with Crippen molar-refractivity contribution in [3.05, 3.63) is 32.1 Å². The highest BCUT2D eigenvalue weighted by atomic mass is 16.2. The molecule has 7 heteroatoms. The molecule has 2 amide bonds. The molecule has 1 unspecified atom stereocenters. The molecule has 0 saturated heterocycles. The maximum atomic E-state index is 12.6. The van der Waals surface area contributed by atoms with Gasteiger partial charge in [-0.25, -0.2) is 9.59 Å². The number of hydrogen-bond donors (Lipinski definition) is 3. The number of carbonyl (C=O) groups is 1. The third kappa shape index (κ3) is 2.29. The Morgan fingerprint density at radius 3 is 2.65 bits per heavy atom. The lowest BCUT2D eigenvalue weighted by Crippen LogP contribution is -2.48. The summed E-state index contributed by atoms with van der Waals surface area (Å²) in [6.07, 6.45) is 6.19. The Balaban J connectivity index is 1.46. The van der Waals surface area contributed by atoms with Gasteiger partial charge in [0, 0.05) is 11.7 Å². The second kappa shape index (κ2) is 4.97. The number of amides is 2. The minimum Gasteiger partial charge on any atom is -0.335 e. The Labute approximate surface area is 133 Å². The molecule has 1 aromatic rings. The fraction of sp³-hybridized carbons (Fsp3) is 0.688. The summed E-state index contributed by atoms with van der Waals surface area (Å²) in [5.74, 6) is 0.842. The van der Waals surface area contributed by atoms with Crippen molar-refractivity contribution in [2.75, 3.05) is 0 Å². The first-order valence-corrected chi connectivity index (χ1v) is 8.37. The van der Waals surface area contributed by atoms with Crippen LogP contribution in [0.4, 0.5) is 4.79 Å². The third-order valence-electron chi connectivity index (χ3n) is 6.17. The fourth-order valence-electron chi connectivity index (χ4n) is 4.72. The summed E-state index contributed by atoms with van der Waals surface area (Å²) in [5.41, 5.74) is 0.360. The van der Waals surface area contributed by atoms with Crippen LogP contribution in [-0.4, -0.2) is 26.9 Å². The Morgan fingerprint density at radius 2 is 2.00 bits per heavy atom. The van der Waals surface area contributed by atoms with Crippen LogP contribution in [-0.2, 0) is 13.1 Å². The summed E-state index contributed by atoms with van der Waals surface area (Å²) in [6.45, 7) is 2.63. The molecule has 2 aliphatic carbocycles. The van der Waals surface area contributed by atoms with Gasteiger partial charge >= 0.3 is 11.7 Å². The van der Waals surface area contributed by atoms with E-state index in [4.69, 9.17) is 0 Å². The first kappa shape index (κ1) is 14.5. The van der Waals surface area contributed by atoms with Crippen molar-refractivity contribution in [3.63, 3.8) is 0 Å². The number of fused-ring (bicyclic) bond motifs is 3. The summed E-state index contributed by atoms with van der Waals surface area (Å²) in [6, 6.07) is -0.0118. The van der Waals surface area contributed by atoms with Gasteiger partial charge in [-0.3, -0.25) is 9.78 Å².